The third-order valence-electron chi connectivity index (χ3n) is 4.22. The summed E-state index contributed by atoms with van der Waals surface area (Å²) in [5.41, 5.74) is -0.00914. The first-order valence-corrected chi connectivity index (χ1v) is 9.87. The first kappa shape index (κ1) is 23.4. The highest BCUT2D eigenvalue weighted by Gasteiger charge is 2.10. The van der Waals surface area contributed by atoms with Crippen molar-refractivity contribution in [2.45, 2.75) is 96.8 Å². The smallest absolute Gasteiger partial charge is 0.331 e. The molecule has 0 spiro atoms. The molecule has 0 aromatic rings. The molecule has 0 rings (SSSR count). The van der Waals surface area contributed by atoms with Gasteiger partial charge < -0.3 is 10.2 Å². The molecule has 0 saturated carbocycles. The summed E-state index contributed by atoms with van der Waals surface area (Å²) in [6, 6.07) is 0. The SMILES string of the molecule is CCCCCCCCC=CCCCCCCC=C(CC(=O)O)C(=O)O. The molecule has 4 heteroatoms. The van der Waals surface area contributed by atoms with Gasteiger partial charge in [0.2, 0.25) is 0 Å². The van der Waals surface area contributed by atoms with Gasteiger partial charge in [0.15, 0.2) is 0 Å². The molecule has 0 unspecified atom stereocenters. The minimum Gasteiger partial charge on any atom is -0.481 e. The van der Waals surface area contributed by atoms with Crippen LogP contribution in [0.25, 0.3) is 0 Å². The summed E-state index contributed by atoms with van der Waals surface area (Å²) in [7, 11) is 0. The van der Waals surface area contributed by atoms with Gasteiger partial charge in [0, 0.05) is 5.57 Å². The molecule has 0 aromatic heterocycles. The summed E-state index contributed by atoms with van der Waals surface area (Å²) in [4.78, 5) is 21.4. The average Bonchev–Trinajstić information content (AvgIpc) is 2.56. The van der Waals surface area contributed by atoms with Crippen LogP contribution in [0.15, 0.2) is 23.8 Å². The van der Waals surface area contributed by atoms with E-state index in [0.717, 1.165) is 32.1 Å². The Hall–Kier alpha value is -1.58. The second-order valence-electron chi connectivity index (χ2n) is 6.62. The lowest BCUT2D eigenvalue weighted by molar-refractivity contribution is -0.139. The molecular formula is C21H36O4. The second-order valence-corrected chi connectivity index (χ2v) is 6.62. The van der Waals surface area contributed by atoms with Crippen molar-refractivity contribution in [3.05, 3.63) is 23.8 Å². The largest absolute Gasteiger partial charge is 0.481 e. The van der Waals surface area contributed by atoms with Crippen molar-refractivity contribution in [2.75, 3.05) is 0 Å². The Morgan fingerprint density at radius 3 is 1.68 bits per heavy atom. The predicted octanol–water partition coefficient (Wildman–Crippen LogP) is 6.12. The number of carboxylic acid groups (broad SMARTS) is 2. The zero-order chi connectivity index (χ0) is 18.8. The Labute approximate surface area is 153 Å². The molecule has 4 nitrogen and oxygen atoms in total. The molecular weight excluding hydrogens is 316 g/mol. The fourth-order valence-corrected chi connectivity index (χ4v) is 2.71. The van der Waals surface area contributed by atoms with E-state index in [4.69, 9.17) is 10.2 Å². The van der Waals surface area contributed by atoms with E-state index in [2.05, 4.69) is 19.1 Å². The Balaban J connectivity index is 3.50. The van der Waals surface area contributed by atoms with Crippen molar-refractivity contribution < 1.29 is 19.8 Å². The Morgan fingerprint density at radius 1 is 0.720 bits per heavy atom. The Bertz CT molecular complexity index is 410. The predicted molar refractivity (Wildman–Crippen MR) is 103 cm³/mol. The number of hydrogen-bond donors (Lipinski definition) is 2. The molecule has 2 N–H and O–H groups in total. The fraction of sp³-hybridized carbons (Fsp3) is 0.714. The van der Waals surface area contributed by atoms with Crippen LogP contribution in [0.2, 0.25) is 0 Å². The normalized spacial score (nSPS) is 12.0. The highest BCUT2D eigenvalue weighted by Crippen LogP contribution is 2.11. The van der Waals surface area contributed by atoms with E-state index in [1.165, 1.54) is 44.9 Å². The minimum atomic E-state index is -1.13. The van der Waals surface area contributed by atoms with Gasteiger partial charge in [-0.15, -0.1) is 0 Å². The monoisotopic (exact) mass is 352 g/mol. The number of allylic oxidation sites excluding steroid dienone is 3. The van der Waals surface area contributed by atoms with E-state index in [0.29, 0.717) is 6.42 Å². The van der Waals surface area contributed by atoms with Crippen molar-refractivity contribution in [3.8, 4) is 0 Å². The number of unbranched alkanes of at least 4 members (excludes halogenated alkanes) is 11. The number of aliphatic carboxylic acids is 2. The van der Waals surface area contributed by atoms with Crippen molar-refractivity contribution >= 4 is 11.9 Å². The van der Waals surface area contributed by atoms with Crippen LogP contribution in [0.5, 0.6) is 0 Å². The van der Waals surface area contributed by atoms with Crippen LogP contribution in [0, 0.1) is 0 Å². The van der Waals surface area contributed by atoms with Gasteiger partial charge in [0.1, 0.15) is 0 Å². The molecule has 0 aliphatic carbocycles. The van der Waals surface area contributed by atoms with Gasteiger partial charge in [0.05, 0.1) is 6.42 Å². The lowest BCUT2D eigenvalue weighted by Crippen LogP contribution is -2.06. The van der Waals surface area contributed by atoms with Crippen LogP contribution in [-0.4, -0.2) is 22.2 Å². The van der Waals surface area contributed by atoms with Crippen LogP contribution in [-0.2, 0) is 9.59 Å². The van der Waals surface area contributed by atoms with E-state index in [-0.39, 0.29) is 5.57 Å². The maximum absolute atomic E-state index is 10.9. The van der Waals surface area contributed by atoms with Crippen molar-refractivity contribution in [1.29, 1.82) is 0 Å². The van der Waals surface area contributed by atoms with Gasteiger partial charge in [0.25, 0.3) is 0 Å². The van der Waals surface area contributed by atoms with Crippen molar-refractivity contribution in [3.63, 3.8) is 0 Å². The van der Waals surface area contributed by atoms with Crippen LogP contribution >= 0.6 is 0 Å². The van der Waals surface area contributed by atoms with Gasteiger partial charge in [-0.25, -0.2) is 4.79 Å². The molecule has 25 heavy (non-hydrogen) atoms. The Kier molecular flexibility index (Phi) is 16.2. The molecule has 0 atom stereocenters. The van der Waals surface area contributed by atoms with Gasteiger partial charge in [-0.05, 0) is 38.5 Å². The van der Waals surface area contributed by atoms with Crippen LogP contribution < -0.4 is 0 Å². The summed E-state index contributed by atoms with van der Waals surface area (Å²) >= 11 is 0. The third kappa shape index (κ3) is 17.0. The lowest BCUT2D eigenvalue weighted by atomic mass is 10.1. The van der Waals surface area contributed by atoms with E-state index >= 15 is 0 Å². The van der Waals surface area contributed by atoms with Gasteiger partial charge in [-0.3, -0.25) is 4.79 Å². The minimum absolute atomic E-state index is 0.00914. The Morgan fingerprint density at radius 2 is 1.20 bits per heavy atom. The molecule has 0 aliphatic rings. The van der Waals surface area contributed by atoms with Gasteiger partial charge in [-0.1, -0.05) is 70.1 Å². The van der Waals surface area contributed by atoms with Crippen LogP contribution in [0.4, 0.5) is 0 Å². The molecule has 0 fully saturated rings. The first-order valence-electron chi connectivity index (χ1n) is 9.87. The summed E-state index contributed by atoms with van der Waals surface area (Å²) in [6.07, 6.45) is 21.0. The van der Waals surface area contributed by atoms with E-state index < -0.39 is 18.4 Å². The van der Waals surface area contributed by atoms with Gasteiger partial charge in [-0.2, -0.15) is 0 Å². The summed E-state index contributed by atoms with van der Waals surface area (Å²) < 4.78 is 0. The lowest BCUT2D eigenvalue weighted by Gasteiger charge is -2.00. The van der Waals surface area contributed by atoms with Gasteiger partial charge >= 0.3 is 11.9 Å². The quantitative estimate of drug-likeness (QED) is 0.188. The number of carboxylic acids is 2. The van der Waals surface area contributed by atoms with Crippen LogP contribution in [0.1, 0.15) is 96.8 Å². The molecule has 0 heterocycles. The van der Waals surface area contributed by atoms with Crippen molar-refractivity contribution in [2.24, 2.45) is 0 Å². The van der Waals surface area contributed by atoms with E-state index in [1.54, 1.807) is 6.08 Å². The average molecular weight is 353 g/mol. The maximum atomic E-state index is 10.9. The molecule has 0 radical (unpaired) electrons. The molecule has 0 aromatic carbocycles. The topological polar surface area (TPSA) is 74.6 Å². The summed E-state index contributed by atoms with van der Waals surface area (Å²) in [5.74, 6) is -2.22. The molecule has 0 aliphatic heterocycles. The van der Waals surface area contributed by atoms with Crippen molar-refractivity contribution in [1.82, 2.24) is 0 Å². The summed E-state index contributed by atoms with van der Waals surface area (Å²) in [5, 5.41) is 17.5. The second kappa shape index (κ2) is 17.2. The zero-order valence-corrected chi connectivity index (χ0v) is 15.8. The van der Waals surface area contributed by atoms with E-state index in [1.807, 2.05) is 0 Å². The highest BCUT2D eigenvalue weighted by molar-refractivity contribution is 5.91. The van der Waals surface area contributed by atoms with Crippen LogP contribution in [0.3, 0.4) is 0 Å². The molecule has 144 valence electrons. The fourth-order valence-electron chi connectivity index (χ4n) is 2.71. The van der Waals surface area contributed by atoms with E-state index in [9.17, 15) is 9.59 Å². The summed E-state index contributed by atoms with van der Waals surface area (Å²) in [6.45, 7) is 2.24. The third-order valence-corrected chi connectivity index (χ3v) is 4.22. The molecule has 0 bridgehead atoms. The number of carbonyl (C=O) groups is 2. The molecule has 0 amide bonds. The highest BCUT2D eigenvalue weighted by atomic mass is 16.4. The molecule has 0 saturated heterocycles. The maximum Gasteiger partial charge on any atom is 0.331 e. The standard InChI is InChI=1S/C21H36O4/c1-2-3-4-5-6-7-8-9-10-11-12-13-14-15-16-17-19(21(24)25)18-20(22)23/h9-10,17H,2-8,11-16,18H2,1H3,(H,22,23)(H,24,25). The first-order chi connectivity index (χ1) is 12.1. The number of rotatable bonds is 17. The zero-order valence-electron chi connectivity index (χ0n) is 15.8. The number of hydrogen-bond acceptors (Lipinski definition) is 2.